The van der Waals surface area contributed by atoms with E-state index in [1.54, 1.807) is 0 Å². The van der Waals surface area contributed by atoms with E-state index in [9.17, 15) is 4.79 Å². The van der Waals surface area contributed by atoms with Gasteiger partial charge in [-0.05, 0) is 50.7 Å². The highest BCUT2D eigenvalue weighted by Crippen LogP contribution is 2.33. The average molecular weight is 272 g/mol. The summed E-state index contributed by atoms with van der Waals surface area (Å²) in [6, 6.07) is 9.61. The molecule has 2 fully saturated rings. The second-order valence-corrected chi connectivity index (χ2v) is 6.43. The summed E-state index contributed by atoms with van der Waals surface area (Å²) in [5.41, 5.74) is 2.63. The van der Waals surface area contributed by atoms with Crippen LogP contribution in [0.15, 0.2) is 24.3 Å². The van der Waals surface area contributed by atoms with Crippen LogP contribution in [0.1, 0.15) is 37.3 Å². The molecule has 3 nitrogen and oxygen atoms in total. The topological polar surface area (TPSA) is 41.1 Å². The van der Waals surface area contributed by atoms with Crippen molar-refractivity contribution in [1.29, 1.82) is 0 Å². The normalized spacial score (nSPS) is 29.4. The smallest absolute Gasteiger partial charge is 0.224 e. The standard InChI is InChI=1S/C17H24N2O/c1-11-5-3-4-6-13(11)9-12(2)18-17(20)15-10-14-7-8-16(15)19-14/h3-6,12,14-16,19H,7-10H2,1-2H3,(H,18,20). The highest BCUT2D eigenvalue weighted by molar-refractivity contribution is 5.80. The zero-order chi connectivity index (χ0) is 14.1. The van der Waals surface area contributed by atoms with Crippen LogP contribution in [0.4, 0.5) is 0 Å². The quantitative estimate of drug-likeness (QED) is 0.882. The average Bonchev–Trinajstić information content (AvgIpc) is 3.03. The van der Waals surface area contributed by atoms with Gasteiger partial charge in [-0.15, -0.1) is 0 Å². The van der Waals surface area contributed by atoms with Crippen LogP contribution < -0.4 is 10.6 Å². The number of carbonyl (C=O) groups is 1. The third-order valence-electron chi connectivity index (χ3n) is 4.81. The second kappa shape index (κ2) is 5.57. The van der Waals surface area contributed by atoms with Gasteiger partial charge in [0.05, 0.1) is 5.92 Å². The maximum absolute atomic E-state index is 12.4. The molecule has 2 heterocycles. The highest BCUT2D eigenvalue weighted by Gasteiger charge is 2.42. The van der Waals surface area contributed by atoms with E-state index in [1.807, 2.05) is 0 Å². The summed E-state index contributed by atoms with van der Waals surface area (Å²) in [5.74, 6) is 0.429. The van der Waals surface area contributed by atoms with Gasteiger partial charge in [0.2, 0.25) is 5.91 Å². The van der Waals surface area contributed by atoms with Crippen LogP contribution in [0.2, 0.25) is 0 Å². The molecule has 108 valence electrons. The Morgan fingerprint density at radius 2 is 2.20 bits per heavy atom. The Morgan fingerprint density at radius 3 is 2.85 bits per heavy atom. The summed E-state index contributed by atoms with van der Waals surface area (Å²) in [7, 11) is 0. The lowest BCUT2D eigenvalue weighted by Gasteiger charge is -2.22. The molecule has 3 rings (SSSR count). The number of amides is 1. The zero-order valence-corrected chi connectivity index (χ0v) is 12.4. The van der Waals surface area contributed by atoms with E-state index in [2.05, 4.69) is 48.7 Å². The number of aryl methyl sites for hydroxylation is 1. The molecule has 0 spiro atoms. The van der Waals surface area contributed by atoms with Gasteiger partial charge in [0, 0.05) is 18.1 Å². The van der Waals surface area contributed by atoms with Gasteiger partial charge < -0.3 is 10.6 Å². The summed E-state index contributed by atoms with van der Waals surface area (Å²) in [4.78, 5) is 12.4. The monoisotopic (exact) mass is 272 g/mol. The molecule has 0 aromatic heterocycles. The van der Waals surface area contributed by atoms with Crippen molar-refractivity contribution in [3.05, 3.63) is 35.4 Å². The Bertz CT molecular complexity index is 500. The number of hydrogen-bond acceptors (Lipinski definition) is 2. The summed E-state index contributed by atoms with van der Waals surface area (Å²) < 4.78 is 0. The largest absolute Gasteiger partial charge is 0.353 e. The second-order valence-electron chi connectivity index (χ2n) is 6.43. The summed E-state index contributed by atoms with van der Waals surface area (Å²) in [6.07, 6.45) is 4.34. The molecule has 2 aliphatic rings. The Balaban J connectivity index is 1.55. The summed E-state index contributed by atoms with van der Waals surface area (Å²) in [5, 5.41) is 6.73. The minimum Gasteiger partial charge on any atom is -0.353 e. The van der Waals surface area contributed by atoms with Crippen LogP contribution in [0, 0.1) is 12.8 Å². The number of carbonyl (C=O) groups excluding carboxylic acids is 1. The molecule has 0 aliphatic carbocycles. The van der Waals surface area contributed by atoms with Crippen LogP contribution in [0.25, 0.3) is 0 Å². The van der Waals surface area contributed by atoms with E-state index in [-0.39, 0.29) is 17.9 Å². The van der Waals surface area contributed by atoms with Gasteiger partial charge >= 0.3 is 0 Å². The fraction of sp³-hybridized carbons (Fsp3) is 0.588. The molecule has 20 heavy (non-hydrogen) atoms. The molecule has 0 saturated carbocycles. The van der Waals surface area contributed by atoms with Crippen LogP contribution in [-0.2, 0) is 11.2 Å². The van der Waals surface area contributed by atoms with Crippen molar-refractivity contribution in [2.45, 2.75) is 57.7 Å². The van der Waals surface area contributed by atoms with Crippen LogP contribution in [0.3, 0.4) is 0 Å². The van der Waals surface area contributed by atoms with E-state index < -0.39 is 0 Å². The molecule has 2 aliphatic heterocycles. The summed E-state index contributed by atoms with van der Waals surface area (Å²) in [6.45, 7) is 4.23. The lowest BCUT2D eigenvalue weighted by molar-refractivity contribution is -0.126. The maximum atomic E-state index is 12.4. The third-order valence-corrected chi connectivity index (χ3v) is 4.81. The van der Waals surface area contributed by atoms with Gasteiger partial charge in [-0.1, -0.05) is 24.3 Å². The number of rotatable bonds is 4. The van der Waals surface area contributed by atoms with E-state index in [0.717, 1.165) is 19.3 Å². The molecule has 2 bridgehead atoms. The molecular formula is C17H24N2O. The van der Waals surface area contributed by atoms with Crippen LogP contribution >= 0.6 is 0 Å². The molecule has 1 aromatic carbocycles. The van der Waals surface area contributed by atoms with Crippen molar-refractivity contribution in [2.24, 2.45) is 5.92 Å². The zero-order valence-electron chi connectivity index (χ0n) is 12.4. The predicted molar refractivity (Wildman–Crippen MR) is 80.5 cm³/mol. The van der Waals surface area contributed by atoms with Crippen molar-refractivity contribution < 1.29 is 4.79 Å². The van der Waals surface area contributed by atoms with Gasteiger partial charge in [-0.25, -0.2) is 0 Å². The van der Waals surface area contributed by atoms with Gasteiger partial charge in [0.25, 0.3) is 0 Å². The Kier molecular flexibility index (Phi) is 3.79. The number of hydrogen-bond donors (Lipinski definition) is 2. The van der Waals surface area contributed by atoms with Crippen LogP contribution in [-0.4, -0.2) is 24.0 Å². The lowest BCUT2D eigenvalue weighted by atomic mass is 9.88. The highest BCUT2D eigenvalue weighted by atomic mass is 16.2. The lowest BCUT2D eigenvalue weighted by Crippen LogP contribution is -2.42. The minimum absolute atomic E-state index is 0.188. The van der Waals surface area contributed by atoms with E-state index >= 15 is 0 Å². The molecule has 1 amide bonds. The Morgan fingerprint density at radius 1 is 1.40 bits per heavy atom. The molecule has 2 saturated heterocycles. The van der Waals surface area contributed by atoms with E-state index in [1.165, 1.54) is 17.5 Å². The van der Waals surface area contributed by atoms with Gasteiger partial charge in [0.15, 0.2) is 0 Å². The first-order valence-corrected chi connectivity index (χ1v) is 7.74. The SMILES string of the molecule is Cc1ccccc1CC(C)NC(=O)C1CC2CCC1N2. The molecule has 3 heteroatoms. The fourth-order valence-corrected chi connectivity index (χ4v) is 3.68. The summed E-state index contributed by atoms with van der Waals surface area (Å²) >= 11 is 0. The molecule has 1 aromatic rings. The van der Waals surface area contributed by atoms with E-state index in [0.29, 0.717) is 12.1 Å². The number of fused-ring (bicyclic) bond motifs is 2. The first kappa shape index (κ1) is 13.6. The molecule has 2 N–H and O–H groups in total. The van der Waals surface area contributed by atoms with E-state index in [4.69, 9.17) is 0 Å². The molecule has 0 radical (unpaired) electrons. The van der Waals surface area contributed by atoms with Gasteiger partial charge in [-0.2, -0.15) is 0 Å². The van der Waals surface area contributed by atoms with Crippen molar-refractivity contribution in [3.8, 4) is 0 Å². The van der Waals surface area contributed by atoms with Crippen molar-refractivity contribution in [3.63, 3.8) is 0 Å². The van der Waals surface area contributed by atoms with Gasteiger partial charge in [0.1, 0.15) is 0 Å². The fourth-order valence-electron chi connectivity index (χ4n) is 3.68. The number of benzene rings is 1. The van der Waals surface area contributed by atoms with Crippen molar-refractivity contribution >= 4 is 5.91 Å². The minimum atomic E-state index is 0.188. The van der Waals surface area contributed by atoms with Gasteiger partial charge in [-0.3, -0.25) is 4.79 Å². The molecule has 4 unspecified atom stereocenters. The first-order chi connectivity index (χ1) is 9.63. The van der Waals surface area contributed by atoms with Crippen molar-refractivity contribution in [2.75, 3.05) is 0 Å². The Labute approximate surface area is 121 Å². The van der Waals surface area contributed by atoms with Crippen LogP contribution in [0.5, 0.6) is 0 Å². The molecule has 4 atom stereocenters. The van der Waals surface area contributed by atoms with Crippen molar-refractivity contribution in [1.82, 2.24) is 10.6 Å². The number of nitrogens with one attached hydrogen (secondary N) is 2. The third kappa shape index (κ3) is 2.73. The maximum Gasteiger partial charge on any atom is 0.224 e. The first-order valence-electron chi connectivity index (χ1n) is 7.74. The predicted octanol–water partition coefficient (Wildman–Crippen LogP) is 2.18. The Hall–Kier alpha value is -1.35. The molecular weight excluding hydrogens is 248 g/mol.